The Kier molecular flexibility index (Phi) is 5.46. The maximum absolute atomic E-state index is 12.2. The van der Waals surface area contributed by atoms with Gasteiger partial charge in [-0.05, 0) is 39.2 Å². The summed E-state index contributed by atoms with van der Waals surface area (Å²) < 4.78 is 0. The quantitative estimate of drug-likeness (QED) is 0.820. The fourth-order valence-corrected chi connectivity index (χ4v) is 3.46. The van der Waals surface area contributed by atoms with E-state index in [1.807, 2.05) is 38.1 Å². The van der Waals surface area contributed by atoms with Crippen LogP contribution in [0, 0.1) is 6.92 Å². The molecule has 0 bridgehead atoms. The number of amides is 1. The van der Waals surface area contributed by atoms with E-state index in [1.54, 1.807) is 0 Å². The van der Waals surface area contributed by atoms with Gasteiger partial charge in [0.05, 0.1) is 11.6 Å². The van der Waals surface area contributed by atoms with E-state index >= 15 is 0 Å². The third kappa shape index (κ3) is 4.81. The first-order valence-electron chi connectivity index (χ1n) is 9.41. The van der Waals surface area contributed by atoms with E-state index in [9.17, 15) is 9.90 Å². The lowest BCUT2D eigenvalue weighted by Crippen LogP contribution is -2.55. The zero-order chi connectivity index (χ0) is 18.0. The second-order valence-electron chi connectivity index (χ2n) is 7.91. The number of hydrogen-bond donors (Lipinski definition) is 2. The molecule has 1 saturated carbocycles. The molecule has 0 radical (unpaired) electrons. The average Bonchev–Trinajstić information content (AvgIpc) is 3.39. The van der Waals surface area contributed by atoms with Crippen molar-refractivity contribution in [1.82, 2.24) is 15.1 Å². The Morgan fingerprint density at radius 2 is 1.84 bits per heavy atom. The van der Waals surface area contributed by atoms with E-state index < -0.39 is 5.60 Å². The second kappa shape index (κ2) is 7.44. The van der Waals surface area contributed by atoms with Crippen LogP contribution < -0.4 is 5.32 Å². The first-order chi connectivity index (χ1) is 11.8. The van der Waals surface area contributed by atoms with Crippen molar-refractivity contribution in [3.63, 3.8) is 0 Å². The van der Waals surface area contributed by atoms with Gasteiger partial charge >= 0.3 is 0 Å². The number of aliphatic hydroxyl groups is 1. The van der Waals surface area contributed by atoms with E-state index in [1.165, 1.54) is 5.56 Å². The molecule has 2 N–H and O–H groups in total. The Balaban J connectivity index is 1.49. The first kappa shape index (κ1) is 18.4. The van der Waals surface area contributed by atoms with Crippen LogP contribution in [0.25, 0.3) is 0 Å². The topological polar surface area (TPSA) is 55.8 Å². The minimum Gasteiger partial charge on any atom is -0.384 e. The lowest BCUT2D eigenvalue weighted by molar-refractivity contribution is -0.127. The van der Waals surface area contributed by atoms with Crippen LogP contribution in [-0.4, -0.2) is 65.6 Å². The zero-order valence-corrected chi connectivity index (χ0v) is 15.7. The number of benzene rings is 1. The Morgan fingerprint density at radius 1 is 1.24 bits per heavy atom. The van der Waals surface area contributed by atoms with Crippen molar-refractivity contribution < 1.29 is 9.90 Å². The number of aryl methyl sites for hydroxylation is 1. The van der Waals surface area contributed by atoms with Gasteiger partial charge in [-0.25, -0.2) is 0 Å². The molecule has 1 aromatic rings. The van der Waals surface area contributed by atoms with Crippen LogP contribution in [0.5, 0.6) is 0 Å². The van der Waals surface area contributed by atoms with E-state index in [0.29, 0.717) is 12.6 Å². The fraction of sp³-hybridized carbons (Fsp3) is 0.650. The molecule has 0 spiro atoms. The van der Waals surface area contributed by atoms with Crippen molar-refractivity contribution in [2.45, 2.75) is 51.3 Å². The monoisotopic (exact) mass is 345 g/mol. The summed E-state index contributed by atoms with van der Waals surface area (Å²) in [7, 11) is 0. The SMILES string of the molecule is Cc1ccc([C@](C)(O)CN2CCN([C@@H](C)C(=O)NC3CC3)CC2)cc1. The summed E-state index contributed by atoms with van der Waals surface area (Å²) >= 11 is 0. The van der Waals surface area contributed by atoms with Gasteiger partial charge in [-0.1, -0.05) is 29.8 Å². The Bertz CT molecular complexity index is 587. The van der Waals surface area contributed by atoms with Crippen LogP contribution in [0.15, 0.2) is 24.3 Å². The number of nitrogens with zero attached hydrogens (tertiary/aromatic N) is 2. The molecule has 1 aromatic carbocycles. The number of rotatable bonds is 6. The number of carbonyl (C=O) groups excluding carboxylic acids is 1. The molecule has 3 rings (SSSR count). The molecule has 5 nitrogen and oxygen atoms in total. The molecule has 0 aromatic heterocycles. The van der Waals surface area contributed by atoms with E-state index in [4.69, 9.17) is 0 Å². The zero-order valence-electron chi connectivity index (χ0n) is 15.7. The van der Waals surface area contributed by atoms with Crippen LogP contribution in [0.3, 0.4) is 0 Å². The van der Waals surface area contributed by atoms with E-state index in [-0.39, 0.29) is 11.9 Å². The van der Waals surface area contributed by atoms with E-state index in [0.717, 1.165) is 44.6 Å². The molecule has 2 aliphatic rings. The summed E-state index contributed by atoms with van der Waals surface area (Å²) in [6.45, 7) is 10.0. The Labute approximate surface area is 151 Å². The van der Waals surface area contributed by atoms with Crippen LogP contribution in [0.2, 0.25) is 0 Å². The summed E-state index contributed by atoms with van der Waals surface area (Å²) in [5.41, 5.74) is 1.30. The molecular weight excluding hydrogens is 314 g/mol. The number of carbonyl (C=O) groups is 1. The number of hydrogen-bond acceptors (Lipinski definition) is 4. The third-order valence-electron chi connectivity index (χ3n) is 5.46. The van der Waals surface area contributed by atoms with Gasteiger partial charge < -0.3 is 10.4 Å². The van der Waals surface area contributed by atoms with Gasteiger partial charge in [0.25, 0.3) is 0 Å². The van der Waals surface area contributed by atoms with Gasteiger partial charge in [0.2, 0.25) is 5.91 Å². The normalized spacial score (nSPS) is 23.0. The summed E-state index contributed by atoms with van der Waals surface area (Å²) in [5, 5.41) is 14.0. The minimum atomic E-state index is -0.856. The molecule has 2 atom stereocenters. The van der Waals surface area contributed by atoms with Crippen molar-refractivity contribution in [3.8, 4) is 0 Å². The highest BCUT2D eigenvalue weighted by Crippen LogP contribution is 2.23. The Morgan fingerprint density at radius 3 is 2.40 bits per heavy atom. The molecule has 1 amide bonds. The van der Waals surface area contributed by atoms with Crippen molar-refractivity contribution in [2.75, 3.05) is 32.7 Å². The van der Waals surface area contributed by atoms with Crippen LogP contribution in [0.4, 0.5) is 0 Å². The molecule has 1 aliphatic carbocycles. The maximum Gasteiger partial charge on any atom is 0.237 e. The summed E-state index contributed by atoms with van der Waals surface area (Å²) in [6, 6.07) is 8.46. The number of piperazine rings is 1. The lowest BCUT2D eigenvalue weighted by Gasteiger charge is -2.40. The lowest BCUT2D eigenvalue weighted by atomic mass is 9.94. The predicted molar refractivity (Wildman–Crippen MR) is 99.4 cm³/mol. The second-order valence-corrected chi connectivity index (χ2v) is 7.91. The van der Waals surface area contributed by atoms with Gasteiger partial charge in [-0.3, -0.25) is 14.6 Å². The summed E-state index contributed by atoms with van der Waals surface area (Å²) in [6.07, 6.45) is 2.25. The molecule has 5 heteroatoms. The van der Waals surface area contributed by atoms with Crippen molar-refractivity contribution in [3.05, 3.63) is 35.4 Å². The van der Waals surface area contributed by atoms with Gasteiger partial charge in [-0.2, -0.15) is 0 Å². The Hall–Kier alpha value is -1.43. The van der Waals surface area contributed by atoms with Gasteiger partial charge in [0.15, 0.2) is 0 Å². The molecule has 1 saturated heterocycles. The van der Waals surface area contributed by atoms with Gasteiger partial charge in [0, 0.05) is 38.8 Å². The van der Waals surface area contributed by atoms with Crippen molar-refractivity contribution in [2.24, 2.45) is 0 Å². The third-order valence-corrected chi connectivity index (χ3v) is 5.46. The first-order valence-corrected chi connectivity index (χ1v) is 9.41. The van der Waals surface area contributed by atoms with Crippen LogP contribution in [-0.2, 0) is 10.4 Å². The van der Waals surface area contributed by atoms with E-state index in [2.05, 4.69) is 22.0 Å². The smallest absolute Gasteiger partial charge is 0.237 e. The van der Waals surface area contributed by atoms with Crippen molar-refractivity contribution >= 4 is 5.91 Å². The fourth-order valence-electron chi connectivity index (χ4n) is 3.46. The molecule has 138 valence electrons. The molecule has 25 heavy (non-hydrogen) atoms. The van der Waals surface area contributed by atoms with Gasteiger partial charge in [0.1, 0.15) is 0 Å². The average molecular weight is 345 g/mol. The molecular formula is C20H31N3O2. The van der Waals surface area contributed by atoms with Gasteiger partial charge in [-0.15, -0.1) is 0 Å². The standard InChI is InChI=1S/C20H31N3O2/c1-15-4-6-17(7-5-15)20(3,25)14-22-10-12-23(13-11-22)16(2)19(24)21-18-8-9-18/h4-7,16,18,25H,8-14H2,1-3H3,(H,21,24)/t16-,20+/m0/s1. The molecule has 1 heterocycles. The number of β-amino-alcohol motifs (C(OH)–C–C–N with tert-alkyl or cyclic N) is 1. The summed E-state index contributed by atoms with van der Waals surface area (Å²) in [5.74, 6) is 0.155. The number of nitrogens with one attached hydrogen (secondary N) is 1. The largest absolute Gasteiger partial charge is 0.384 e. The molecule has 2 fully saturated rings. The highest BCUT2D eigenvalue weighted by atomic mass is 16.3. The highest BCUT2D eigenvalue weighted by molar-refractivity contribution is 5.81. The highest BCUT2D eigenvalue weighted by Gasteiger charge is 2.32. The summed E-state index contributed by atoms with van der Waals surface area (Å²) in [4.78, 5) is 16.7. The maximum atomic E-state index is 12.2. The molecule has 1 aliphatic heterocycles. The van der Waals surface area contributed by atoms with Crippen LogP contribution in [0.1, 0.15) is 37.8 Å². The van der Waals surface area contributed by atoms with Crippen LogP contribution >= 0.6 is 0 Å². The molecule has 0 unspecified atom stereocenters. The van der Waals surface area contributed by atoms with Crippen molar-refractivity contribution in [1.29, 1.82) is 0 Å². The predicted octanol–water partition coefficient (Wildman–Crippen LogP) is 1.49. The minimum absolute atomic E-state index is 0.0691.